The number of nitrogens with zero attached hydrogens (tertiary/aromatic N) is 4. The second-order valence-corrected chi connectivity index (χ2v) is 8.51. The van der Waals surface area contributed by atoms with Crippen molar-refractivity contribution in [1.82, 2.24) is 19.7 Å². The van der Waals surface area contributed by atoms with Crippen LogP contribution in [0, 0.1) is 5.82 Å². The van der Waals surface area contributed by atoms with Crippen LogP contribution in [0.15, 0.2) is 72.8 Å². The van der Waals surface area contributed by atoms with E-state index >= 15 is 0 Å². The maximum absolute atomic E-state index is 14.7. The Hall–Kier alpha value is -4.10. The number of aromatic nitrogens is 3. The van der Waals surface area contributed by atoms with Gasteiger partial charge in [-0.05, 0) is 42.0 Å². The summed E-state index contributed by atoms with van der Waals surface area (Å²) < 4.78 is 16.6. The fraction of sp³-hybridized carbons (Fsp3) is 0.0769. The zero-order valence-corrected chi connectivity index (χ0v) is 18.5. The predicted octanol–water partition coefficient (Wildman–Crippen LogP) is 4.84. The molecular formula is C26H16ClFN4O2. The van der Waals surface area contributed by atoms with Gasteiger partial charge >= 0.3 is 0 Å². The standard InChI is InChI=1S/C26H16ClFN4O2/c27-15-9-11-22-20(13-15)16(17-5-3-4-8-21(17)28)10-12-23-29-30-24(32(22)23)14-31-25(33)18-6-1-2-7-19(18)26(31)34/h1-11,13H,12,14H2. The van der Waals surface area contributed by atoms with Crippen LogP contribution in [0.1, 0.15) is 43.5 Å². The monoisotopic (exact) mass is 470 g/mol. The first kappa shape index (κ1) is 20.5. The molecule has 2 amide bonds. The number of hydrogen-bond acceptors (Lipinski definition) is 4. The van der Waals surface area contributed by atoms with Gasteiger partial charge in [0, 0.05) is 22.6 Å². The third-order valence-corrected chi connectivity index (χ3v) is 6.35. The minimum atomic E-state index is -0.368. The van der Waals surface area contributed by atoms with Crippen molar-refractivity contribution in [3.05, 3.63) is 118 Å². The highest BCUT2D eigenvalue weighted by Gasteiger charge is 2.36. The number of carbonyl (C=O) groups excluding carboxylic acids is 2. The molecule has 0 spiro atoms. The Morgan fingerprint density at radius 3 is 2.24 bits per heavy atom. The third kappa shape index (κ3) is 3.08. The Kier molecular flexibility index (Phi) is 4.67. The molecule has 8 heteroatoms. The third-order valence-electron chi connectivity index (χ3n) is 6.12. The van der Waals surface area contributed by atoms with Crippen LogP contribution in [0.2, 0.25) is 5.02 Å². The molecule has 2 aliphatic rings. The number of rotatable bonds is 3. The van der Waals surface area contributed by atoms with Crippen LogP contribution in [-0.4, -0.2) is 31.5 Å². The number of halogens is 2. The molecule has 1 aromatic heterocycles. The van der Waals surface area contributed by atoms with Crippen LogP contribution < -0.4 is 0 Å². The van der Waals surface area contributed by atoms with Crippen molar-refractivity contribution in [1.29, 1.82) is 0 Å². The topological polar surface area (TPSA) is 68.1 Å². The van der Waals surface area contributed by atoms with E-state index in [1.807, 2.05) is 16.7 Å². The first-order valence-corrected chi connectivity index (χ1v) is 11.0. The fourth-order valence-electron chi connectivity index (χ4n) is 4.55. The molecule has 0 N–H and O–H groups in total. The largest absolute Gasteiger partial charge is 0.281 e. The zero-order valence-electron chi connectivity index (χ0n) is 17.7. The Balaban J connectivity index is 1.46. The quantitative estimate of drug-likeness (QED) is 0.402. The molecule has 0 bridgehead atoms. The molecule has 0 aliphatic carbocycles. The van der Waals surface area contributed by atoms with E-state index in [-0.39, 0.29) is 24.2 Å². The van der Waals surface area contributed by atoms with Gasteiger partial charge in [-0.2, -0.15) is 0 Å². The molecule has 166 valence electrons. The number of carbonyl (C=O) groups is 2. The molecule has 34 heavy (non-hydrogen) atoms. The maximum atomic E-state index is 14.7. The summed E-state index contributed by atoms with van der Waals surface area (Å²) in [7, 11) is 0. The highest BCUT2D eigenvalue weighted by molar-refractivity contribution is 6.30. The van der Waals surface area contributed by atoms with Gasteiger partial charge in [-0.15, -0.1) is 10.2 Å². The lowest BCUT2D eigenvalue weighted by Gasteiger charge is -2.18. The van der Waals surface area contributed by atoms with Gasteiger partial charge in [-0.3, -0.25) is 19.1 Å². The highest BCUT2D eigenvalue weighted by atomic mass is 35.5. The normalized spacial score (nSPS) is 14.4. The molecule has 4 aromatic rings. The summed E-state index contributed by atoms with van der Waals surface area (Å²) in [5, 5.41) is 9.12. The second-order valence-electron chi connectivity index (χ2n) is 8.07. The van der Waals surface area contributed by atoms with Crippen LogP contribution in [0.5, 0.6) is 0 Å². The van der Waals surface area contributed by atoms with Crippen molar-refractivity contribution in [2.24, 2.45) is 0 Å². The number of allylic oxidation sites excluding steroid dienone is 1. The Morgan fingerprint density at radius 1 is 0.853 bits per heavy atom. The second kappa shape index (κ2) is 7.74. The van der Waals surface area contributed by atoms with Gasteiger partial charge in [0.15, 0.2) is 5.82 Å². The molecular weight excluding hydrogens is 455 g/mol. The molecule has 0 unspecified atom stereocenters. The molecule has 0 saturated heterocycles. The molecule has 3 aromatic carbocycles. The average molecular weight is 471 g/mol. The van der Waals surface area contributed by atoms with Crippen molar-refractivity contribution in [2.75, 3.05) is 0 Å². The molecule has 0 radical (unpaired) electrons. The highest BCUT2D eigenvalue weighted by Crippen LogP contribution is 2.36. The number of benzene rings is 3. The van der Waals surface area contributed by atoms with Crippen LogP contribution in [0.3, 0.4) is 0 Å². The first-order valence-electron chi connectivity index (χ1n) is 10.7. The fourth-order valence-corrected chi connectivity index (χ4v) is 4.72. The summed E-state index contributed by atoms with van der Waals surface area (Å²) in [6.07, 6.45) is 2.28. The van der Waals surface area contributed by atoms with Crippen molar-refractivity contribution < 1.29 is 14.0 Å². The van der Waals surface area contributed by atoms with E-state index in [2.05, 4.69) is 10.2 Å². The minimum absolute atomic E-state index is 0.0452. The number of fused-ring (bicyclic) bond motifs is 4. The average Bonchev–Trinajstić information content (AvgIpc) is 3.29. The molecule has 0 fully saturated rings. The summed E-state index contributed by atoms with van der Waals surface area (Å²) in [6, 6.07) is 18.6. The van der Waals surface area contributed by atoms with Crippen LogP contribution in [-0.2, 0) is 13.0 Å². The zero-order chi connectivity index (χ0) is 23.4. The lowest BCUT2D eigenvalue weighted by atomic mass is 9.95. The SMILES string of the molecule is O=C1c2ccccc2C(=O)N1Cc1nnc2n1-c1ccc(Cl)cc1C(c1ccccc1F)=CC2. The smallest absolute Gasteiger partial charge is 0.261 e. The summed E-state index contributed by atoms with van der Waals surface area (Å²) in [6.45, 7) is -0.0452. The lowest BCUT2D eigenvalue weighted by molar-refractivity contribution is 0.0637. The molecule has 6 rings (SSSR count). The summed E-state index contributed by atoms with van der Waals surface area (Å²) in [4.78, 5) is 27.0. The van der Waals surface area contributed by atoms with Crippen molar-refractivity contribution in [3.8, 4) is 5.69 Å². The van der Waals surface area contributed by atoms with E-state index in [1.54, 1.807) is 54.6 Å². The van der Waals surface area contributed by atoms with E-state index in [0.29, 0.717) is 56.6 Å². The molecule has 0 atom stereocenters. The van der Waals surface area contributed by atoms with Gasteiger partial charge in [0.05, 0.1) is 23.4 Å². The van der Waals surface area contributed by atoms with Gasteiger partial charge in [0.1, 0.15) is 11.6 Å². The summed E-state index contributed by atoms with van der Waals surface area (Å²) >= 11 is 6.33. The van der Waals surface area contributed by atoms with Crippen LogP contribution >= 0.6 is 11.6 Å². The van der Waals surface area contributed by atoms with E-state index in [0.717, 1.165) is 0 Å². The van der Waals surface area contributed by atoms with Crippen LogP contribution in [0.25, 0.3) is 11.3 Å². The number of amides is 2. The maximum Gasteiger partial charge on any atom is 0.261 e. The molecule has 3 heterocycles. The number of imide groups is 1. The van der Waals surface area contributed by atoms with E-state index in [9.17, 15) is 14.0 Å². The van der Waals surface area contributed by atoms with Gasteiger partial charge < -0.3 is 0 Å². The van der Waals surface area contributed by atoms with Gasteiger partial charge in [-0.1, -0.05) is 48.0 Å². The Bertz CT molecular complexity index is 1510. The van der Waals surface area contributed by atoms with Crippen molar-refractivity contribution in [3.63, 3.8) is 0 Å². The van der Waals surface area contributed by atoms with Gasteiger partial charge in [-0.25, -0.2) is 4.39 Å². The van der Waals surface area contributed by atoms with E-state index in [4.69, 9.17) is 11.6 Å². The van der Waals surface area contributed by atoms with Crippen molar-refractivity contribution in [2.45, 2.75) is 13.0 Å². The molecule has 2 aliphatic heterocycles. The van der Waals surface area contributed by atoms with E-state index < -0.39 is 0 Å². The number of hydrogen-bond donors (Lipinski definition) is 0. The molecule has 6 nitrogen and oxygen atoms in total. The Morgan fingerprint density at radius 2 is 1.53 bits per heavy atom. The van der Waals surface area contributed by atoms with Crippen LogP contribution in [0.4, 0.5) is 4.39 Å². The Labute approximate surface area is 198 Å². The van der Waals surface area contributed by atoms with Gasteiger partial charge in [0.2, 0.25) is 0 Å². The summed E-state index contributed by atoms with van der Waals surface area (Å²) in [5.41, 5.74) is 3.29. The van der Waals surface area contributed by atoms with E-state index in [1.165, 1.54) is 11.0 Å². The predicted molar refractivity (Wildman–Crippen MR) is 124 cm³/mol. The van der Waals surface area contributed by atoms with Crippen molar-refractivity contribution >= 4 is 29.0 Å². The first-order chi connectivity index (χ1) is 16.5. The summed E-state index contributed by atoms with van der Waals surface area (Å²) in [5.74, 6) is -0.0393. The lowest BCUT2D eigenvalue weighted by Crippen LogP contribution is -2.30. The van der Waals surface area contributed by atoms with Gasteiger partial charge in [0.25, 0.3) is 11.8 Å². The molecule has 0 saturated carbocycles. The minimum Gasteiger partial charge on any atom is -0.281 e.